The number of benzene rings is 1. The van der Waals surface area contributed by atoms with E-state index in [1.807, 2.05) is 20.8 Å². The molecule has 0 amide bonds. The van der Waals surface area contributed by atoms with Crippen molar-refractivity contribution in [2.75, 3.05) is 26.2 Å². The maximum absolute atomic E-state index is 10.4. The van der Waals surface area contributed by atoms with Gasteiger partial charge < -0.3 is 15.2 Å². The molecule has 0 bridgehead atoms. The molecule has 2 rings (SSSR count). The summed E-state index contributed by atoms with van der Waals surface area (Å²) in [6, 6.07) is 10.8. The number of aliphatic hydroxyl groups is 1. The average Bonchev–Trinajstić information content (AvgIpc) is 2.54. The van der Waals surface area contributed by atoms with Gasteiger partial charge in [-0.2, -0.15) is 0 Å². The first-order valence-corrected chi connectivity index (χ1v) is 8.72. The molecule has 23 heavy (non-hydrogen) atoms. The molecule has 0 aromatic heterocycles. The number of ether oxygens (including phenoxy) is 1. The van der Waals surface area contributed by atoms with Crippen LogP contribution in [0.15, 0.2) is 30.3 Å². The molecule has 1 saturated heterocycles. The molecule has 1 aliphatic heterocycles. The molecule has 1 aromatic carbocycles. The third-order valence-corrected chi connectivity index (χ3v) is 5.01. The highest BCUT2D eigenvalue weighted by Gasteiger charge is 2.29. The van der Waals surface area contributed by atoms with Crippen LogP contribution in [0.3, 0.4) is 0 Å². The highest BCUT2D eigenvalue weighted by molar-refractivity contribution is 5.14. The Bertz CT molecular complexity index is 462. The summed E-state index contributed by atoms with van der Waals surface area (Å²) >= 11 is 0. The summed E-state index contributed by atoms with van der Waals surface area (Å²) in [5.41, 5.74) is 0.656. The van der Waals surface area contributed by atoms with E-state index >= 15 is 0 Å². The standard InChI is InChI=1S/C19H32N2O2/c1-15(2)19(4,22)14-20-16(3)18-13-21(10-11-23-18)12-17-8-6-5-7-9-17/h5-9,15-16,18,20,22H,10-14H2,1-4H3. The van der Waals surface area contributed by atoms with Crippen LogP contribution in [0, 0.1) is 5.92 Å². The molecular formula is C19H32N2O2. The van der Waals surface area contributed by atoms with E-state index < -0.39 is 5.60 Å². The maximum atomic E-state index is 10.4. The minimum atomic E-state index is -0.688. The van der Waals surface area contributed by atoms with Crippen molar-refractivity contribution in [3.63, 3.8) is 0 Å². The second kappa shape index (κ2) is 8.25. The number of hydrogen-bond donors (Lipinski definition) is 2. The molecule has 1 aliphatic rings. The molecule has 1 heterocycles. The van der Waals surface area contributed by atoms with Crippen LogP contribution >= 0.6 is 0 Å². The van der Waals surface area contributed by atoms with Crippen LogP contribution in [-0.2, 0) is 11.3 Å². The Morgan fingerprint density at radius 1 is 1.30 bits per heavy atom. The second-order valence-electron chi connectivity index (χ2n) is 7.31. The van der Waals surface area contributed by atoms with Crippen LogP contribution in [0.1, 0.15) is 33.3 Å². The highest BCUT2D eigenvalue weighted by Crippen LogP contribution is 2.17. The molecular weight excluding hydrogens is 288 g/mol. The third kappa shape index (κ3) is 5.57. The summed E-state index contributed by atoms with van der Waals surface area (Å²) in [7, 11) is 0. The van der Waals surface area contributed by atoms with Crippen molar-refractivity contribution in [3.05, 3.63) is 35.9 Å². The van der Waals surface area contributed by atoms with E-state index in [0.29, 0.717) is 6.54 Å². The zero-order chi connectivity index (χ0) is 16.9. The Morgan fingerprint density at radius 2 is 2.00 bits per heavy atom. The SMILES string of the molecule is CC(NCC(C)(O)C(C)C)C1CN(Cc2ccccc2)CCO1. The van der Waals surface area contributed by atoms with Crippen LogP contribution in [0.4, 0.5) is 0 Å². The lowest BCUT2D eigenvalue weighted by molar-refractivity contribution is -0.0525. The third-order valence-electron chi connectivity index (χ3n) is 5.01. The fourth-order valence-corrected chi connectivity index (χ4v) is 2.72. The predicted octanol–water partition coefficient (Wildman–Crippen LogP) is 2.27. The molecule has 0 spiro atoms. The first-order chi connectivity index (χ1) is 10.9. The molecule has 1 fully saturated rings. The molecule has 4 nitrogen and oxygen atoms in total. The Morgan fingerprint density at radius 3 is 2.65 bits per heavy atom. The smallest absolute Gasteiger partial charge is 0.0852 e. The van der Waals surface area contributed by atoms with Crippen molar-refractivity contribution in [2.24, 2.45) is 5.92 Å². The van der Waals surface area contributed by atoms with E-state index in [4.69, 9.17) is 4.74 Å². The summed E-state index contributed by atoms with van der Waals surface area (Å²) in [6.07, 6.45) is 0.162. The van der Waals surface area contributed by atoms with Gasteiger partial charge in [0.25, 0.3) is 0 Å². The molecule has 4 heteroatoms. The fourth-order valence-electron chi connectivity index (χ4n) is 2.72. The molecule has 130 valence electrons. The van der Waals surface area contributed by atoms with Crippen molar-refractivity contribution >= 4 is 0 Å². The van der Waals surface area contributed by atoms with E-state index in [2.05, 4.69) is 47.5 Å². The summed E-state index contributed by atoms with van der Waals surface area (Å²) in [4.78, 5) is 2.45. The van der Waals surface area contributed by atoms with Crippen molar-refractivity contribution in [2.45, 2.75) is 52.0 Å². The van der Waals surface area contributed by atoms with Crippen LogP contribution in [-0.4, -0.2) is 54.0 Å². The van der Waals surface area contributed by atoms with Gasteiger partial charge in [0, 0.05) is 32.2 Å². The maximum Gasteiger partial charge on any atom is 0.0852 e. The zero-order valence-corrected chi connectivity index (χ0v) is 15.0. The van der Waals surface area contributed by atoms with Gasteiger partial charge in [-0.25, -0.2) is 0 Å². The summed E-state index contributed by atoms with van der Waals surface area (Å²) < 4.78 is 5.95. The Kier molecular flexibility index (Phi) is 6.60. The van der Waals surface area contributed by atoms with Gasteiger partial charge in [-0.05, 0) is 25.3 Å². The van der Waals surface area contributed by atoms with Crippen molar-refractivity contribution < 1.29 is 9.84 Å². The Balaban J connectivity index is 1.83. The van der Waals surface area contributed by atoms with Gasteiger partial charge in [0.2, 0.25) is 0 Å². The van der Waals surface area contributed by atoms with Crippen LogP contribution in [0.2, 0.25) is 0 Å². The first kappa shape index (κ1) is 18.4. The minimum Gasteiger partial charge on any atom is -0.389 e. The molecule has 0 radical (unpaired) electrons. The molecule has 0 aliphatic carbocycles. The molecule has 0 saturated carbocycles. The number of nitrogens with zero attached hydrogens (tertiary/aromatic N) is 1. The van der Waals surface area contributed by atoms with Crippen molar-refractivity contribution in [3.8, 4) is 0 Å². The van der Waals surface area contributed by atoms with Crippen LogP contribution in [0.25, 0.3) is 0 Å². The first-order valence-electron chi connectivity index (χ1n) is 8.72. The lowest BCUT2D eigenvalue weighted by atomic mass is 9.92. The molecule has 3 atom stereocenters. The van der Waals surface area contributed by atoms with Gasteiger partial charge in [-0.3, -0.25) is 4.90 Å². The van der Waals surface area contributed by atoms with E-state index in [0.717, 1.165) is 26.2 Å². The van der Waals surface area contributed by atoms with Gasteiger partial charge in [-0.15, -0.1) is 0 Å². The van der Waals surface area contributed by atoms with Crippen molar-refractivity contribution in [1.29, 1.82) is 0 Å². The average molecular weight is 320 g/mol. The summed E-state index contributed by atoms with van der Waals surface area (Å²) in [5, 5.41) is 13.8. The van der Waals surface area contributed by atoms with E-state index in [-0.39, 0.29) is 18.1 Å². The number of morpholine rings is 1. The zero-order valence-electron chi connectivity index (χ0n) is 15.0. The predicted molar refractivity (Wildman–Crippen MR) is 94.4 cm³/mol. The number of hydrogen-bond acceptors (Lipinski definition) is 4. The molecule has 3 unspecified atom stereocenters. The summed E-state index contributed by atoms with van der Waals surface area (Å²) in [5.74, 6) is 0.226. The van der Waals surface area contributed by atoms with Crippen LogP contribution in [0.5, 0.6) is 0 Å². The normalized spacial score (nSPS) is 23.7. The van der Waals surface area contributed by atoms with E-state index in [9.17, 15) is 5.11 Å². The number of nitrogens with one attached hydrogen (secondary N) is 1. The molecule has 1 aromatic rings. The minimum absolute atomic E-state index is 0.162. The highest BCUT2D eigenvalue weighted by atomic mass is 16.5. The van der Waals surface area contributed by atoms with Crippen molar-refractivity contribution in [1.82, 2.24) is 10.2 Å². The Labute approximate surface area is 140 Å². The largest absolute Gasteiger partial charge is 0.389 e. The monoisotopic (exact) mass is 320 g/mol. The van der Waals surface area contributed by atoms with Gasteiger partial charge in [0.15, 0.2) is 0 Å². The summed E-state index contributed by atoms with van der Waals surface area (Å²) in [6.45, 7) is 12.4. The fraction of sp³-hybridized carbons (Fsp3) is 0.684. The lowest BCUT2D eigenvalue weighted by Crippen LogP contribution is -2.54. The van der Waals surface area contributed by atoms with E-state index in [1.165, 1.54) is 5.56 Å². The van der Waals surface area contributed by atoms with Gasteiger partial charge in [-0.1, -0.05) is 44.2 Å². The lowest BCUT2D eigenvalue weighted by Gasteiger charge is -2.37. The number of rotatable bonds is 7. The van der Waals surface area contributed by atoms with Gasteiger partial charge >= 0.3 is 0 Å². The molecule has 2 N–H and O–H groups in total. The van der Waals surface area contributed by atoms with Gasteiger partial charge in [0.05, 0.1) is 18.3 Å². The second-order valence-corrected chi connectivity index (χ2v) is 7.31. The quantitative estimate of drug-likeness (QED) is 0.809. The van der Waals surface area contributed by atoms with Crippen LogP contribution < -0.4 is 5.32 Å². The topological polar surface area (TPSA) is 44.7 Å². The van der Waals surface area contributed by atoms with Gasteiger partial charge in [0.1, 0.15) is 0 Å². The Hall–Kier alpha value is -0.940. The van der Waals surface area contributed by atoms with E-state index in [1.54, 1.807) is 0 Å².